The van der Waals surface area contributed by atoms with Crippen LogP contribution in [-0.4, -0.2) is 26.4 Å². The Kier molecular flexibility index (Phi) is 5.51. The van der Waals surface area contributed by atoms with Crippen molar-refractivity contribution in [3.63, 3.8) is 0 Å². The van der Waals surface area contributed by atoms with Crippen molar-refractivity contribution in [3.8, 4) is 5.75 Å². The quantitative estimate of drug-likeness (QED) is 0.590. The highest BCUT2D eigenvalue weighted by Crippen LogP contribution is 2.41. The number of rotatable bonds is 6. The minimum atomic E-state index is -2.22. The fourth-order valence-electron chi connectivity index (χ4n) is 4.00. The van der Waals surface area contributed by atoms with Gasteiger partial charge < -0.3 is 9.84 Å². The van der Waals surface area contributed by atoms with Crippen molar-refractivity contribution in [2.45, 2.75) is 25.3 Å². The summed E-state index contributed by atoms with van der Waals surface area (Å²) in [6.45, 7) is -0.415. The Morgan fingerprint density at radius 2 is 1.90 bits per heavy atom. The lowest BCUT2D eigenvalue weighted by Gasteiger charge is -2.35. The van der Waals surface area contributed by atoms with E-state index in [2.05, 4.69) is 0 Å². The van der Waals surface area contributed by atoms with Crippen LogP contribution in [0.4, 0.5) is 5.69 Å². The zero-order chi connectivity index (χ0) is 20.4. The molecular formula is C22H21NO5S. The van der Waals surface area contributed by atoms with Gasteiger partial charge in [0, 0.05) is 0 Å². The molecule has 6 nitrogen and oxygen atoms in total. The predicted octanol–water partition coefficient (Wildman–Crippen LogP) is 4.32. The van der Waals surface area contributed by atoms with Crippen LogP contribution in [0.25, 0.3) is 10.8 Å². The molecule has 0 aromatic heterocycles. The number of fused-ring (bicyclic) bond motifs is 2. The van der Waals surface area contributed by atoms with Crippen molar-refractivity contribution >= 4 is 33.7 Å². The standard InChI is InChI=1S/C22H21NO5S/c24-22(25)14-28-21-10-4-7-18-19(21)8-3-9-20(18)23(29(26)27)17-12-11-15-5-1-2-6-16(15)13-17/h1-2,4-7,10-13,20H,3,8-9,14H2,(H,24,25)(H,26,27). The first-order chi connectivity index (χ1) is 14.0. The molecule has 0 radical (unpaired) electrons. The Morgan fingerprint density at radius 1 is 1.10 bits per heavy atom. The summed E-state index contributed by atoms with van der Waals surface area (Å²) in [5.74, 6) is -0.513. The van der Waals surface area contributed by atoms with Crippen molar-refractivity contribution in [1.82, 2.24) is 0 Å². The molecule has 4 rings (SSSR count). The van der Waals surface area contributed by atoms with Gasteiger partial charge in [0.2, 0.25) is 0 Å². The smallest absolute Gasteiger partial charge is 0.341 e. The van der Waals surface area contributed by atoms with Gasteiger partial charge in [0.05, 0.1) is 11.7 Å². The first kappa shape index (κ1) is 19.4. The summed E-state index contributed by atoms with van der Waals surface area (Å²) in [5, 5.41) is 11.0. The highest BCUT2D eigenvalue weighted by Gasteiger charge is 2.31. The molecule has 0 heterocycles. The van der Waals surface area contributed by atoms with Crippen LogP contribution in [0.3, 0.4) is 0 Å². The third kappa shape index (κ3) is 3.97. The Hall–Kier alpha value is -2.90. The summed E-state index contributed by atoms with van der Waals surface area (Å²) in [4.78, 5) is 10.9. The number of carbonyl (C=O) groups is 1. The summed E-state index contributed by atoms with van der Waals surface area (Å²) >= 11 is -2.22. The van der Waals surface area contributed by atoms with Crippen molar-refractivity contribution in [2.75, 3.05) is 10.9 Å². The van der Waals surface area contributed by atoms with Crippen LogP contribution in [0.15, 0.2) is 60.7 Å². The molecule has 0 bridgehead atoms. The third-order valence-electron chi connectivity index (χ3n) is 5.22. The lowest BCUT2D eigenvalue weighted by atomic mass is 9.87. The minimum Gasteiger partial charge on any atom is -0.482 e. The summed E-state index contributed by atoms with van der Waals surface area (Å²) in [6, 6.07) is 18.8. The number of anilines is 1. The van der Waals surface area contributed by atoms with Gasteiger partial charge in [-0.15, -0.1) is 0 Å². The fraction of sp³-hybridized carbons (Fsp3) is 0.227. The number of hydrogen-bond acceptors (Lipinski definition) is 3. The van der Waals surface area contributed by atoms with Crippen LogP contribution in [0.2, 0.25) is 0 Å². The third-order valence-corrected chi connectivity index (χ3v) is 6.02. The van der Waals surface area contributed by atoms with Gasteiger partial charge in [-0.3, -0.25) is 8.86 Å². The molecule has 0 saturated heterocycles. The van der Waals surface area contributed by atoms with E-state index >= 15 is 0 Å². The Labute approximate surface area is 171 Å². The molecule has 150 valence electrons. The van der Waals surface area contributed by atoms with Gasteiger partial charge in [-0.1, -0.05) is 42.5 Å². The second kappa shape index (κ2) is 8.23. The molecular weight excluding hydrogens is 390 g/mol. The second-order valence-electron chi connectivity index (χ2n) is 7.00. The maximum Gasteiger partial charge on any atom is 0.341 e. The molecule has 0 aliphatic heterocycles. The van der Waals surface area contributed by atoms with Crippen LogP contribution in [-0.2, 0) is 22.5 Å². The molecule has 2 atom stereocenters. The number of hydrogen-bond donors (Lipinski definition) is 2. The van der Waals surface area contributed by atoms with E-state index in [4.69, 9.17) is 9.84 Å². The SMILES string of the molecule is O=C(O)COc1cccc2c1CCCC2N(c1ccc2ccccc2c1)S(=O)O. The van der Waals surface area contributed by atoms with Gasteiger partial charge in [0.25, 0.3) is 11.3 Å². The molecule has 3 aromatic rings. The molecule has 0 fully saturated rings. The molecule has 7 heteroatoms. The first-order valence-electron chi connectivity index (χ1n) is 9.40. The number of ether oxygens (including phenoxy) is 1. The van der Waals surface area contributed by atoms with Gasteiger partial charge in [-0.2, -0.15) is 0 Å². The second-order valence-corrected chi connectivity index (χ2v) is 7.86. The van der Waals surface area contributed by atoms with Crippen molar-refractivity contribution < 1.29 is 23.4 Å². The van der Waals surface area contributed by atoms with E-state index in [0.29, 0.717) is 17.9 Å². The monoisotopic (exact) mass is 411 g/mol. The summed E-state index contributed by atoms with van der Waals surface area (Å²) < 4.78 is 29.5. The summed E-state index contributed by atoms with van der Waals surface area (Å²) in [6.07, 6.45) is 2.27. The molecule has 0 spiro atoms. The molecule has 1 aliphatic rings. The Morgan fingerprint density at radius 3 is 2.66 bits per heavy atom. The van der Waals surface area contributed by atoms with Crippen LogP contribution < -0.4 is 9.04 Å². The summed E-state index contributed by atoms with van der Waals surface area (Å²) in [5.41, 5.74) is 2.47. The number of carboxylic acid groups (broad SMARTS) is 1. The number of carboxylic acids is 1. The largest absolute Gasteiger partial charge is 0.482 e. The number of aliphatic carboxylic acids is 1. The van der Waals surface area contributed by atoms with E-state index < -0.39 is 23.8 Å². The van der Waals surface area contributed by atoms with E-state index in [1.165, 1.54) is 4.31 Å². The first-order valence-corrected chi connectivity index (χ1v) is 10.5. The molecule has 0 amide bonds. The molecule has 29 heavy (non-hydrogen) atoms. The van der Waals surface area contributed by atoms with Crippen molar-refractivity contribution in [3.05, 3.63) is 71.8 Å². The Balaban J connectivity index is 1.75. The van der Waals surface area contributed by atoms with Gasteiger partial charge in [0.15, 0.2) is 6.61 Å². The molecule has 2 unspecified atom stereocenters. The topological polar surface area (TPSA) is 87.1 Å². The number of benzene rings is 3. The normalized spacial score (nSPS) is 16.8. The zero-order valence-electron chi connectivity index (χ0n) is 15.7. The Bertz CT molecular complexity index is 1080. The van der Waals surface area contributed by atoms with Crippen LogP contribution in [0.1, 0.15) is 30.0 Å². The van der Waals surface area contributed by atoms with E-state index in [-0.39, 0.29) is 6.04 Å². The average Bonchev–Trinajstić information content (AvgIpc) is 2.72. The average molecular weight is 411 g/mol. The van der Waals surface area contributed by atoms with E-state index in [1.807, 2.05) is 48.5 Å². The molecule has 1 aliphatic carbocycles. The minimum absolute atomic E-state index is 0.306. The lowest BCUT2D eigenvalue weighted by molar-refractivity contribution is -0.139. The van der Waals surface area contributed by atoms with Gasteiger partial charge in [-0.25, -0.2) is 9.00 Å². The van der Waals surface area contributed by atoms with E-state index in [1.54, 1.807) is 12.1 Å². The highest BCUT2D eigenvalue weighted by molar-refractivity contribution is 7.80. The van der Waals surface area contributed by atoms with Crippen molar-refractivity contribution in [1.29, 1.82) is 0 Å². The molecule has 3 aromatic carbocycles. The lowest BCUT2D eigenvalue weighted by Crippen LogP contribution is -2.33. The maximum atomic E-state index is 12.4. The maximum absolute atomic E-state index is 12.4. The molecule has 0 saturated carbocycles. The van der Waals surface area contributed by atoms with E-state index in [0.717, 1.165) is 34.7 Å². The van der Waals surface area contributed by atoms with Crippen LogP contribution >= 0.6 is 0 Å². The zero-order valence-corrected chi connectivity index (χ0v) is 16.5. The van der Waals surface area contributed by atoms with Crippen molar-refractivity contribution in [2.24, 2.45) is 0 Å². The van der Waals surface area contributed by atoms with Gasteiger partial charge >= 0.3 is 5.97 Å². The highest BCUT2D eigenvalue weighted by atomic mass is 32.2. The fourth-order valence-corrected chi connectivity index (χ4v) is 4.73. The predicted molar refractivity (Wildman–Crippen MR) is 112 cm³/mol. The van der Waals surface area contributed by atoms with E-state index in [9.17, 15) is 13.6 Å². The number of nitrogens with zero attached hydrogens (tertiary/aromatic N) is 1. The van der Waals surface area contributed by atoms with Gasteiger partial charge in [0.1, 0.15) is 5.75 Å². The van der Waals surface area contributed by atoms with Crippen LogP contribution in [0, 0.1) is 0 Å². The molecule has 2 N–H and O–H groups in total. The van der Waals surface area contributed by atoms with Gasteiger partial charge in [-0.05, 0) is 59.4 Å². The summed E-state index contributed by atoms with van der Waals surface area (Å²) in [7, 11) is 0. The van der Waals surface area contributed by atoms with Crippen LogP contribution in [0.5, 0.6) is 5.75 Å².